The minimum absolute atomic E-state index is 0.482. The van der Waals surface area contributed by atoms with Crippen LogP contribution in [0.4, 0.5) is 0 Å². The summed E-state index contributed by atoms with van der Waals surface area (Å²) in [6.07, 6.45) is 5.37. The van der Waals surface area contributed by atoms with Crippen LogP contribution in [0.25, 0.3) is 0 Å². The van der Waals surface area contributed by atoms with Gasteiger partial charge in [0, 0.05) is 6.04 Å². The van der Waals surface area contributed by atoms with Gasteiger partial charge >= 0.3 is 0 Å². The molecule has 0 radical (unpaired) electrons. The maximum Gasteiger partial charge on any atom is 0.00726 e. The van der Waals surface area contributed by atoms with Gasteiger partial charge in [-0.25, -0.2) is 0 Å². The lowest BCUT2D eigenvalue weighted by molar-refractivity contribution is 0.0265. The van der Waals surface area contributed by atoms with E-state index in [0.29, 0.717) is 16.9 Å². The molecule has 2 bridgehead atoms. The van der Waals surface area contributed by atoms with Crippen molar-refractivity contribution in [3.63, 3.8) is 0 Å². The zero-order chi connectivity index (χ0) is 8.98. The average molecular weight is 167 g/mol. The predicted octanol–water partition coefficient (Wildman–Crippen LogP) is 2.55. The fourth-order valence-electron chi connectivity index (χ4n) is 3.49. The van der Waals surface area contributed by atoms with E-state index in [1.54, 1.807) is 0 Å². The Morgan fingerprint density at radius 1 is 1.08 bits per heavy atom. The van der Waals surface area contributed by atoms with Crippen molar-refractivity contribution < 1.29 is 0 Å². The molecule has 70 valence electrons. The molecule has 2 N–H and O–H groups in total. The second-order valence-corrected chi connectivity index (χ2v) is 5.63. The van der Waals surface area contributed by atoms with Gasteiger partial charge in [-0.05, 0) is 42.4 Å². The highest BCUT2D eigenvalue weighted by Crippen LogP contribution is 2.62. The molecule has 0 aliphatic heterocycles. The number of nitrogens with two attached hydrogens (primary N) is 1. The van der Waals surface area contributed by atoms with Gasteiger partial charge in [0.05, 0.1) is 0 Å². The number of hydrogen-bond donors (Lipinski definition) is 1. The Morgan fingerprint density at radius 2 is 1.67 bits per heavy atom. The van der Waals surface area contributed by atoms with Gasteiger partial charge in [-0.15, -0.1) is 0 Å². The lowest BCUT2D eigenvalue weighted by Crippen LogP contribution is -2.47. The van der Waals surface area contributed by atoms with Crippen molar-refractivity contribution in [2.45, 2.75) is 52.5 Å². The molecule has 0 aromatic carbocycles. The number of rotatable bonds is 0. The lowest BCUT2D eigenvalue weighted by Gasteiger charge is -2.48. The standard InChI is InChI=1S/C11H21N/c1-10(2)8-4-6-11(10,3)7-5-9(8)12/h8-9H,4-7,12H2,1-3H3/t8?,9-,11?/m0/s1. The molecular weight excluding hydrogens is 146 g/mol. The van der Waals surface area contributed by atoms with Crippen LogP contribution in [0.15, 0.2) is 0 Å². The maximum atomic E-state index is 6.15. The van der Waals surface area contributed by atoms with Crippen molar-refractivity contribution in [1.82, 2.24) is 0 Å². The first-order chi connectivity index (χ1) is 5.47. The van der Waals surface area contributed by atoms with Gasteiger partial charge < -0.3 is 5.73 Å². The molecule has 0 amide bonds. The van der Waals surface area contributed by atoms with Crippen molar-refractivity contribution in [3.8, 4) is 0 Å². The summed E-state index contributed by atoms with van der Waals surface area (Å²) in [5.41, 5.74) is 7.23. The molecular formula is C11H21N. The fourth-order valence-corrected chi connectivity index (χ4v) is 3.49. The third kappa shape index (κ3) is 0.834. The average Bonchev–Trinajstić information content (AvgIpc) is 2.16. The van der Waals surface area contributed by atoms with Crippen LogP contribution in [0.3, 0.4) is 0 Å². The molecule has 0 aromatic rings. The zero-order valence-corrected chi connectivity index (χ0v) is 8.56. The minimum atomic E-state index is 0.482. The first-order valence-corrected chi connectivity index (χ1v) is 5.23. The van der Waals surface area contributed by atoms with Gasteiger partial charge in [0.25, 0.3) is 0 Å². The van der Waals surface area contributed by atoms with Crippen LogP contribution in [-0.4, -0.2) is 6.04 Å². The first kappa shape index (κ1) is 8.55. The fraction of sp³-hybridized carbons (Fsp3) is 1.00. The van der Waals surface area contributed by atoms with E-state index in [0.717, 1.165) is 5.92 Å². The van der Waals surface area contributed by atoms with Crippen LogP contribution in [0.2, 0.25) is 0 Å². The zero-order valence-electron chi connectivity index (χ0n) is 8.56. The Balaban J connectivity index is 2.34. The Bertz CT molecular complexity index is 197. The van der Waals surface area contributed by atoms with E-state index in [4.69, 9.17) is 5.73 Å². The monoisotopic (exact) mass is 167 g/mol. The molecule has 1 nitrogen and oxygen atoms in total. The molecule has 2 unspecified atom stereocenters. The van der Waals surface area contributed by atoms with Crippen LogP contribution >= 0.6 is 0 Å². The summed E-state index contributed by atoms with van der Waals surface area (Å²) in [5, 5.41) is 0. The molecule has 12 heavy (non-hydrogen) atoms. The quantitative estimate of drug-likeness (QED) is 0.589. The summed E-state index contributed by atoms with van der Waals surface area (Å²) >= 11 is 0. The highest BCUT2D eigenvalue weighted by molar-refractivity contribution is 5.06. The van der Waals surface area contributed by atoms with Crippen molar-refractivity contribution in [3.05, 3.63) is 0 Å². The normalized spacial score (nSPS) is 51.0. The van der Waals surface area contributed by atoms with Crippen molar-refractivity contribution in [2.75, 3.05) is 0 Å². The van der Waals surface area contributed by atoms with E-state index in [2.05, 4.69) is 20.8 Å². The summed E-state index contributed by atoms with van der Waals surface area (Å²) in [6.45, 7) is 7.30. The van der Waals surface area contributed by atoms with E-state index >= 15 is 0 Å². The molecule has 2 aliphatic carbocycles. The van der Waals surface area contributed by atoms with Crippen LogP contribution in [-0.2, 0) is 0 Å². The molecule has 0 heterocycles. The van der Waals surface area contributed by atoms with E-state index in [1.165, 1.54) is 25.7 Å². The molecule has 0 saturated heterocycles. The predicted molar refractivity (Wildman–Crippen MR) is 51.8 cm³/mol. The molecule has 2 saturated carbocycles. The van der Waals surface area contributed by atoms with E-state index in [9.17, 15) is 0 Å². The number of hydrogen-bond acceptors (Lipinski definition) is 1. The SMILES string of the molecule is CC12CCC([C@@H](N)CC1)C2(C)C. The molecule has 2 rings (SSSR count). The van der Waals surface area contributed by atoms with E-state index < -0.39 is 0 Å². The van der Waals surface area contributed by atoms with Crippen molar-refractivity contribution in [1.29, 1.82) is 0 Å². The van der Waals surface area contributed by atoms with Crippen molar-refractivity contribution >= 4 is 0 Å². The van der Waals surface area contributed by atoms with Crippen LogP contribution in [0, 0.1) is 16.7 Å². The topological polar surface area (TPSA) is 26.0 Å². The molecule has 0 aromatic heterocycles. The summed E-state index contributed by atoms with van der Waals surface area (Å²) < 4.78 is 0. The van der Waals surface area contributed by atoms with Crippen LogP contribution in [0.1, 0.15) is 46.5 Å². The van der Waals surface area contributed by atoms with Gasteiger partial charge in [0.2, 0.25) is 0 Å². The Kier molecular flexibility index (Phi) is 1.61. The first-order valence-electron chi connectivity index (χ1n) is 5.23. The lowest BCUT2D eigenvalue weighted by atomic mass is 9.58. The summed E-state index contributed by atoms with van der Waals surface area (Å²) in [6, 6.07) is 0.482. The highest BCUT2D eigenvalue weighted by Gasteiger charge is 2.55. The third-order valence-electron chi connectivity index (χ3n) is 5.04. The summed E-state index contributed by atoms with van der Waals surface area (Å²) in [5.74, 6) is 0.788. The van der Waals surface area contributed by atoms with Crippen LogP contribution < -0.4 is 5.73 Å². The Morgan fingerprint density at radius 3 is 2.25 bits per heavy atom. The highest BCUT2D eigenvalue weighted by atomic mass is 14.7. The third-order valence-corrected chi connectivity index (χ3v) is 5.04. The molecule has 2 fully saturated rings. The van der Waals surface area contributed by atoms with Gasteiger partial charge in [0.15, 0.2) is 0 Å². The van der Waals surface area contributed by atoms with E-state index in [1.807, 2.05) is 0 Å². The molecule has 3 atom stereocenters. The van der Waals surface area contributed by atoms with Crippen LogP contribution in [0.5, 0.6) is 0 Å². The summed E-state index contributed by atoms with van der Waals surface area (Å²) in [7, 11) is 0. The number of fused-ring (bicyclic) bond motifs is 2. The van der Waals surface area contributed by atoms with Gasteiger partial charge in [-0.1, -0.05) is 20.8 Å². The minimum Gasteiger partial charge on any atom is -0.327 e. The van der Waals surface area contributed by atoms with Gasteiger partial charge in [-0.3, -0.25) is 0 Å². The molecule has 0 spiro atoms. The van der Waals surface area contributed by atoms with Crippen molar-refractivity contribution in [2.24, 2.45) is 22.5 Å². The largest absolute Gasteiger partial charge is 0.327 e. The van der Waals surface area contributed by atoms with Gasteiger partial charge in [-0.2, -0.15) is 0 Å². The molecule has 2 aliphatic rings. The Labute approximate surface area is 75.7 Å². The second kappa shape index (κ2) is 2.25. The Hall–Kier alpha value is -0.0400. The second-order valence-electron chi connectivity index (χ2n) is 5.63. The van der Waals surface area contributed by atoms with E-state index in [-0.39, 0.29) is 0 Å². The maximum absolute atomic E-state index is 6.15. The summed E-state index contributed by atoms with van der Waals surface area (Å²) in [4.78, 5) is 0. The molecule has 1 heteroatoms. The van der Waals surface area contributed by atoms with Gasteiger partial charge in [0.1, 0.15) is 0 Å². The smallest absolute Gasteiger partial charge is 0.00726 e.